The molecule has 0 fully saturated rings. The van der Waals surface area contributed by atoms with Crippen molar-refractivity contribution >= 4 is 45.5 Å². The summed E-state index contributed by atoms with van der Waals surface area (Å²) < 4.78 is 12.1. The number of carbonyl (C=O) groups is 1. The number of nitrogens with zero attached hydrogens (tertiary/aromatic N) is 1. The number of cyclic esters (lactones) is 1. The smallest absolute Gasteiger partial charge is 0.363 e. The van der Waals surface area contributed by atoms with Crippen molar-refractivity contribution in [1.82, 2.24) is 0 Å². The van der Waals surface area contributed by atoms with Crippen molar-refractivity contribution in [3.05, 3.63) is 105 Å². The Morgan fingerprint density at radius 3 is 2.34 bits per heavy atom. The van der Waals surface area contributed by atoms with Gasteiger partial charge in [0.1, 0.15) is 12.4 Å². The minimum absolute atomic E-state index is 0.249. The SMILES string of the molecule is O=C1OC(c2ccc(Cl)cc2)=N/C1=C\c1ccc(OCc2ccc(Br)cc2)cc1. The van der Waals surface area contributed by atoms with Crippen LogP contribution < -0.4 is 4.74 Å². The zero-order valence-electron chi connectivity index (χ0n) is 15.1. The second-order valence-electron chi connectivity index (χ2n) is 6.33. The summed E-state index contributed by atoms with van der Waals surface area (Å²) in [5.41, 5.74) is 2.85. The van der Waals surface area contributed by atoms with Gasteiger partial charge in [0.25, 0.3) is 0 Å². The van der Waals surface area contributed by atoms with E-state index in [0.29, 0.717) is 17.2 Å². The number of hydrogen-bond acceptors (Lipinski definition) is 4. The summed E-state index contributed by atoms with van der Waals surface area (Å²) in [6.07, 6.45) is 1.68. The molecule has 6 heteroatoms. The van der Waals surface area contributed by atoms with Gasteiger partial charge in [-0.25, -0.2) is 9.79 Å². The van der Waals surface area contributed by atoms with Gasteiger partial charge in [-0.15, -0.1) is 0 Å². The van der Waals surface area contributed by atoms with Crippen LogP contribution in [0.2, 0.25) is 5.02 Å². The van der Waals surface area contributed by atoms with Crippen LogP contribution >= 0.6 is 27.5 Å². The highest BCUT2D eigenvalue weighted by Crippen LogP contribution is 2.22. The van der Waals surface area contributed by atoms with Gasteiger partial charge in [-0.05, 0) is 65.7 Å². The van der Waals surface area contributed by atoms with Crippen molar-refractivity contribution in [2.45, 2.75) is 6.61 Å². The Bertz CT molecular complexity index is 1090. The Hall–Kier alpha value is -2.89. The molecular weight excluding hydrogens is 454 g/mol. The van der Waals surface area contributed by atoms with E-state index in [2.05, 4.69) is 20.9 Å². The number of hydrogen-bond donors (Lipinski definition) is 0. The van der Waals surface area contributed by atoms with Crippen molar-refractivity contribution in [1.29, 1.82) is 0 Å². The summed E-state index contributed by atoms with van der Waals surface area (Å²) in [5, 5.41) is 0.608. The molecular formula is C23H15BrClNO3. The molecule has 3 aromatic carbocycles. The van der Waals surface area contributed by atoms with E-state index < -0.39 is 5.97 Å². The molecule has 0 saturated carbocycles. The number of esters is 1. The van der Waals surface area contributed by atoms with Crippen LogP contribution in [0.25, 0.3) is 6.08 Å². The van der Waals surface area contributed by atoms with E-state index >= 15 is 0 Å². The first-order valence-corrected chi connectivity index (χ1v) is 10.00. The zero-order valence-corrected chi connectivity index (χ0v) is 17.5. The van der Waals surface area contributed by atoms with Crippen LogP contribution in [0.15, 0.2) is 88.0 Å². The summed E-state index contributed by atoms with van der Waals surface area (Å²) in [7, 11) is 0. The first-order chi connectivity index (χ1) is 14.1. The monoisotopic (exact) mass is 467 g/mol. The molecule has 0 N–H and O–H groups in total. The van der Waals surface area contributed by atoms with Crippen molar-refractivity contribution < 1.29 is 14.3 Å². The van der Waals surface area contributed by atoms with E-state index in [4.69, 9.17) is 21.1 Å². The first kappa shape index (κ1) is 19.4. The van der Waals surface area contributed by atoms with Gasteiger partial charge in [-0.1, -0.05) is 51.8 Å². The van der Waals surface area contributed by atoms with Crippen molar-refractivity contribution in [2.24, 2.45) is 4.99 Å². The fourth-order valence-corrected chi connectivity index (χ4v) is 3.08. The third-order valence-corrected chi connectivity index (χ3v) is 4.99. The molecule has 0 atom stereocenters. The quantitative estimate of drug-likeness (QED) is 0.339. The maximum Gasteiger partial charge on any atom is 0.363 e. The average molecular weight is 469 g/mol. The molecule has 0 unspecified atom stereocenters. The number of carbonyl (C=O) groups excluding carboxylic acids is 1. The molecule has 0 amide bonds. The third kappa shape index (κ3) is 4.94. The molecule has 3 aromatic rings. The number of benzene rings is 3. The molecule has 4 nitrogen and oxygen atoms in total. The molecule has 29 heavy (non-hydrogen) atoms. The van der Waals surface area contributed by atoms with Crippen LogP contribution in [0.5, 0.6) is 5.75 Å². The molecule has 0 radical (unpaired) electrons. The van der Waals surface area contributed by atoms with E-state index in [1.165, 1.54) is 0 Å². The molecule has 1 aliphatic heterocycles. The van der Waals surface area contributed by atoms with E-state index in [0.717, 1.165) is 21.3 Å². The van der Waals surface area contributed by atoms with E-state index in [9.17, 15) is 4.79 Å². The second-order valence-corrected chi connectivity index (χ2v) is 7.68. The molecule has 4 rings (SSSR count). The van der Waals surface area contributed by atoms with Gasteiger partial charge >= 0.3 is 5.97 Å². The molecule has 0 aromatic heterocycles. The fourth-order valence-electron chi connectivity index (χ4n) is 2.69. The van der Waals surface area contributed by atoms with Gasteiger partial charge in [0.2, 0.25) is 5.90 Å². The molecule has 0 saturated heterocycles. The molecule has 1 heterocycles. The van der Waals surface area contributed by atoms with Gasteiger partial charge in [-0.3, -0.25) is 0 Å². The van der Waals surface area contributed by atoms with Crippen LogP contribution in [-0.4, -0.2) is 11.9 Å². The average Bonchev–Trinajstić information content (AvgIpc) is 3.09. The fraction of sp³-hybridized carbons (Fsp3) is 0.0435. The Morgan fingerprint density at radius 1 is 0.966 bits per heavy atom. The van der Waals surface area contributed by atoms with Gasteiger partial charge < -0.3 is 9.47 Å². The summed E-state index contributed by atoms with van der Waals surface area (Å²) in [6, 6.07) is 22.4. The predicted octanol–water partition coefficient (Wildman–Crippen LogP) is 6.03. The van der Waals surface area contributed by atoms with Gasteiger partial charge in [0.05, 0.1) is 0 Å². The van der Waals surface area contributed by atoms with Gasteiger partial charge in [0, 0.05) is 15.1 Å². The lowest BCUT2D eigenvalue weighted by Gasteiger charge is -2.06. The Morgan fingerprint density at radius 2 is 1.66 bits per heavy atom. The highest BCUT2D eigenvalue weighted by molar-refractivity contribution is 9.10. The lowest BCUT2D eigenvalue weighted by atomic mass is 10.2. The summed E-state index contributed by atoms with van der Waals surface area (Å²) in [6.45, 7) is 0.481. The molecule has 1 aliphatic rings. The maximum absolute atomic E-state index is 12.1. The second kappa shape index (κ2) is 8.64. The lowest BCUT2D eigenvalue weighted by Crippen LogP contribution is -2.05. The van der Waals surface area contributed by atoms with Crippen LogP contribution in [-0.2, 0) is 16.1 Å². The summed E-state index contributed by atoms with van der Waals surface area (Å²) in [4.78, 5) is 16.4. The maximum atomic E-state index is 12.1. The summed E-state index contributed by atoms with van der Waals surface area (Å²) in [5.74, 6) is 0.535. The van der Waals surface area contributed by atoms with Gasteiger partial charge in [0.15, 0.2) is 5.70 Å². The highest BCUT2D eigenvalue weighted by Gasteiger charge is 2.24. The minimum Gasteiger partial charge on any atom is -0.489 e. The Labute approximate surface area is 181 Å². The predicted molar refractivity (Wildman–Crippen MR) is 117 cm³/mol. The normalized spacial score (nSPS) is 14.6. The van der Waals surface area contributed by atoms with Crippen LogP contribution in [0.4, 0.5) is 0 Å². The number of rotatable bonds is 5. The molecule has 0 bridgehead atoms. The summed E-state index contributed by atoms with van der Waals surface area (Å²) >= 11 is 9.30. The third-order valence-electron chi connectivity index (χ3n) is 4.21. The first-order valence-electron chi connectivity index (χ1n) is 8.83. The standard InChI is InChI=1S/C23H15BrClNO3/c24-18-7-1-16(2-8-18)14-28-20-11-3-15(4-12-20)13-21-23(27)29-22(26-21)17-5-9-19(25)10-6-17/h1-13H,14H2/b21-13-. The van der Waals surface area contributed by atoms with Crippen LogP contribution in [0.3, 0.4) is 0 Å². The van der Waals surface area contributed by atoms with Crippen LogP contribution in [0.1, 0.15) is 16.7 Å². The Kier molecular flexibility index (Phi) is 5.79. The Balaban J connectivity index is 1.44. The highest BCUT2D eigenvalue weighted by atomic mass is 79.9. The lowest BCUT2D eigenvalue weighted by molar-refractivity contribution is -0.129. The van der Waals surface area contributed by atoms with Crippen molar-refractivity contribution in [3.8, 4) is 5.75 Å². The van der Waals surface area contributed by atoms with E-state index in [-0.39, 0.29) is 11.6 Å². The number of ether oxygens (including phenoxy) is 2. The largest absolute Gasteiger partial charge is 0.489 e. The minimum atomic E-state index is -0.481. The van der Waals surface area contributed by atoms with Crippen molar-refractivity contribution in [2.75, 3.05) is 0 Å². The van der Waals surface area contributed by atoms with Gasteiger partial charge in [-0.2, -0.15) is 0 Å². The van der Waals surface area contributed by atoms with E-state index in [1.807, 2.05) is 48.5 Å². The van der Waals surface area contributed by atoms with E-state index in [1.54, 1.807) is 30.3 Å². The van der Waals surface area contributed by atoms with Crippen molar-refractivity contribution in [3.63, 3.8) is 0 Å². The molecule has 0 spiro atoms. The molecule has 144 valence electrons. The zero-order chi connectivity index (χ0) is 20.2. The number of aliphatic imine (C=N–C) groups is 1. The van der Waals surface area contributed by atoms with Crippen LogP contribution in [0, 0.1) is 0 Å². The molecule has 0 aliphatic carbocycles. The topological polar surface area (TPSA) is 47.9 Å². The number of halogens is 2.